The van der Waals surface area contributed by atoms with Gasteiger partial charge in [0.15, 0.2) is 9.84 Å². The van der Waals surface area contributed by atoms with E-state index in [2.05, 4.69) is 0 Å². The van der Waals surface area contributed by atoms with Crippen molar-refractivity contribution >= 4 is 27.3 Å². The first kappa shape index (κ1) is 15.0. The Hall–Kier alpha value is -1.07. The fourth-order valence-corrected chi connectivity index (χ4v) is 2.37. The Morgan fingerprint density at radius 2 is 1.83 bits per heavy atom. The van der Waals surface area contributed by atoms with Crippen molar-refractivity contribution in [1.82, 2.24) is 4.90 Å². The highest BCUT2D eigenvalue weighted by Crippen LogP contribution is 2.12. The van der Waals surface area contributed by atoms with Gasteiger partial charge in [-0.05, 0) is 31.2 Å². The number of hydrogen-bond donors (Lipinski definition) is 0. The SMILES string of the molecule is CCN(CCCl)C(=O)c1ccc(S(C)(=O)=O)cc1. The van der Waals surface area contributed by atoms with Crippen LogP contribution in [-0.2, 0) is 9.84 Å². The van der Waals surface area contributed by atoms with Crippen molar-refractivity contribution in [3.63, 3.8) is 0 Å². The minimum Gasteiger partial charge on any atom is -0.338 e. The van der Waals surface area contributed by atoms with Gasteiger partial charge in [-0.25, -0.2) is 8.42 Å². The molecule has 0 aliphatic heterocycles. The topological polar surface area (TPSA) is 54.5 Å². The molecule has 4 nitrogen and oxygen atoms in total. The lowest BCUT2D eigenvalue weighted by Gasteiger charge is -2.19. The quantitative estimate of drug-likeness (QED) is 0.777. The summed E-state index contributed by atoms with van der Waals surface area (Å²) in [5, 5.41) is 0. The summed E-state index contributed by atoms with van der Waals surface area (Å²) >= 11 is 5.62. The fourth-order valence-electron chi connectivity index (χ4n) is 1.53. The zero-order valence-corrected chi connectivity index (χ0v) is 12.0. The zero-order valence-electron chi connectivity index (χ0n) is 10.4. The molecule has 100 valence electrons. The lowest BCUT2D eigenvalue weighted by atomic mass is 10.2. The molecule has 1 amide bonds. The van der Waals surface area contributed by atoms with E-state index < -0.39 is 9.84 Å². The van der Waals surface area contributed by atoms with Crippen LogP contribution in [0.2, 0.25) is 0 Å². The van der Waals surface area contributed by atoms with E-state index in [1.807, 2.05) is 6.92 Å². The molecule has 0 aliphatic rings. The average Bonchev–Trinajstić information content (AvgIpc) is 2.34. The molecule has 0 atom stereocenters. The fraction of sp³-hybridized carbons (Fsp3) is 0.417. The third-order valence-corrected chi connectivity index (χ3v) is 3.85. The van der Waals surface area contributed by atoms with Crippen LogP contribution in [0.3, 0.4) is 0 Å². The van der Waals surface area contributed by atoms with Crippen molar-refractivity contribution in [2.45, 2.75) is 11.8 Å². The highest BCUT2D eigenvalue weighted by atomic mass is 35.5. The minimum absolute atomic E-state index is 0.141. The second kappa shape index (κ2) is 6.20. The zero-order chi connectivity index (χ0) is 13.8. The predicted molar refractivity (Wildman–Crippen MR) is 71.8 cm³/mol. The van der Waals surface area contributed by atoms with Gasteiger partial charge in [0.25, 0.3) is 5.91 Å². The summed E-state index contributed by atoms with van der Waals surface area (Å²) in [4.78, 5) is 13.9. The smallest absolute Gasteiger partial charge is 0.253 e. The van der Waals surface area contributed by atoms with E-state index in [1.54, 1.807) is 4.90 Å². The van der Waals surface area contributed by atoms with Gasteiger partial charge in [-0.3, -0.25) is 4.79 Å². The number of alkyl halides is 1. The molecule has 0 bridgehead atoms. The molecule has 0 fully saturated rings. The maximum Gasteiger partial charge on any atom is 0.253 e. The molecule has 6 heteroatoms. The monoisotopic (exact) mass is 289 g/mol. The van der Waals surface area contributed by atoms with Gasteiger partial charge < -0.3 is 4.90 Å². The van der Waals surface area contributed by atoms with Crippen LogP contribution >= 0.6 is 11.6 Å². The highest BCUT2D eigenvalue weighted by molar-refractivity contribution is 7.90. The Balaban J connectivity index is 2.95. The van der Waals surface area contributed by atoms with Crippen molar-refractivity contribution in [1.29, 1.82) is 0 Å². The summed E-state index contributed by atoms with van der Waals surface area (Å²) in [5.74, 6) is 0.235. The van der Waals surface area contributed by atoms with Crippen molar-refractivity contribution in [3.05, 3.63) is 29.8 Å². The Bertz CT molecular complexity index is 511. The normalized spacial score (nSPS) is 11.3. The average molecular weight is 290 g/mol. The van der Waals surface area contributed by atoms with Gasteiger partial charge in [-0.15, -0.1) is 11.6 Å². The van der Waals surface area contributed by atoms with Gasteiger partial charge in [0.2, 0.25) is 0 Å². The summed E-state index contributed by atoms with van der Waals surface area (Å²) in [5.41, 5.74) is 0.467. The van der Waals surface area contributed by atoms with E-state index in [4.69, 9.17) is 11.6 Å². The Labute approximate surface area is 112 Å². The molecule has 18 heavy (non-hydrogen) atoms. The largest absolute Gasteiger partial charge is 0.338 e. The molecule has 0 saturated heterocycles. The van der Waals surface area contributed by atoms with Crippen LogP contribution < -0.4 is 0 Å². The van der Waals surface area contributed by atoms with Crippen molar-refractivity contribution in [2.24, 2.45) is 0 Å². The summed E-state index contributed by atoms with van der Waals surface area (Å²) < 4.78 is 22.6. The van der Waals surface area contributed by atoms with Crippen LogP contribution in [0.25, 0.3) is 0 Å². The Morgan fingerprint density at radius 1 is 1.28 bits per heavy atom. The van der Waals surface area contributed by atoms with E-state index in [1.165, 1.54) is 24.3 Å². The summed E-state index contributed by atoms with van der Waals surface area (Å²) in [6, 6.07) is 5.93. The van der Waals surface area contributed by atoms with Crippen molar-refractivity contribution < 1.29 is 13.2 Å². The molecule has 0 unspecified atom stereocenters. The van der Waals surface area contributed by atoms with Gasteiger partial charge in [-0.1, -0.05) is 0 Å². The van der Waals surface area contributed by atoms with Crippen LogP contribution in [0, 0.1) is 0 Å². The van der Waals surface area contributed by atoms with Gasteiger partial charge >= 0.3 is 0 Å². The second-order valence-corrected chi connectivity index (χ2v) is 6.26. The number of carbonyl (C=O) groups is 1. The lowest BCUT2D eigenvalue weighted by Crippen LogP contribution is -2.32. The number of benzene rings is 1. The van der Waals surface area contributed by atoms with Crippen LogP contribution in [0.4, 0.5) is 0 Å². The van der Waals surface area contributed by atoms with Crippen LogP contribution in [-0.4, -0.2) is 44.5 Å². The van der Waals surface area contributed by atoms with E-state index >= 15 is 0 Å². The minimum atomic E-state index is -3.23. The van der Waals surface area contributed by atoms with E-state index in [9.17, 15) is 13.2 Å². The Kier molecular flexibility index (Phi) is 5.16. The van der Waals surface area contributed by atoms with E-state index in [-0.39, 0.29) is 10.8 Å². The number of sulfone groups is 1. The molecule has 1 aromatic carbocycles. The first-order valence-electron chi connectivity index (χ1n) is 5.55. The molecule has 0 saturated carbocycles. The maximum atomic E-state index is 12.0. The molecular weight excluding hydrogens is 274 g/mol. The number of carbonyl (C=O) groups excluding carboxylic acids is 1. The first-order valence-corrected chi connectivity index (χ1v) is 7.98. The van der Waals surface area contributed by atoms with Gasteiger partial charge in [0.05, 0.1) is 4.90 Å². The van der Waals surface area contributed by atoms with Gasteiger partial charge in [0.1, 0.15) is 0 Å². The number of amides is 1. The van der Waals surface area contributed by atoms with Crippen LogP contribution in [0.15, 0.2) is 29.2 Å². The van der Waals surface area contributed by atoms with Crippen molar-refractivity contribution in [2.75, 3.05) is 25.2 Å². The molecule has 0 radical (unpaired) electrons. The second-order valence-electron chi connectivity index (χ2n) is 3.87. The standard InChI is InChI=1S/C12H16ClNO3S/c1-3-14(9-8-13)12(15)10-4-6-11(7-5-10)18(2,16)17/h4-7H,3,8-9H2,1-2H3. The Morgan fingerprint density at radius 3 is 2.22 bits per heavy atom. The summed E-state index contributed by atoms with van der Waals surface area (Å²) in [6.07, 6.45) is 1.13. The summed E-state index contributed by atoms with van der Waals surface area (Å²) in [6.45, 7) is 2.92. The molecule has 0 aromatic heterocycles. The first-order chi connectivity index (χ1) is 8.40. The van der Waals surface area contributed by atoms with Crippen LogP contribution in [0.5, 0.6) is 0 Å². The van der Waals surface area contributed by atoms with E-state index in [0.29, 0.717) is 24.5 Å². The number of hydrogen-bond acceptors (Lipinski definition) is 3. The molecule has 1 aromatic rings. The maximum absolute atomic E-state index is 12.0. The highest BCUT2D eigenvalue weighted by Gasteiger charge is 2.14. The lowest BCUT2D eigenvalue weighted by molar-refractivity contribution is 0.0774. The molecule has 0 heterocycles. The third-order valence-electron chi connectivity index (χ3n) is 2.55. The van der Waals surface area contributed by atoms with Crippen LogP contribution in [0.1, 0.15) is 17.3 Å². The third kappa shape index (κ3) is 3.71. The molecule has 1 rings (SSSR count). The summed E-state index contributed by atoms with van der Waals surface area (Å²) in [7, 11) is -3.23. The number of halogens is 1. The molecule has 0 spiro atoms. The van der Waals surface area contributed by atoms with Gasteiger partial charge in [-0.2, -0.15) is 0 Å². The van der Waals surface area contributed by atoms with Gasteiger partial charge in [0, 0.05) is 30.8 Å². The number of nitrogens with zero attached hydrogens (tertiary/aromatic N) is 1. The molecule has 0 aliphatic carbocycles. The predicted octanol–water partition coefficient (Wildman–Crippen LogP) is 1.79. The molecule has 0 N–H and O–H groups in total. The molecular formula is C12H16ClNO3S. The van der Waals surface area contributed by atoms with E-state index in [0.717, 1.165) is 6.26 Å². The van der Waals surface area contributed by atoms with Crippen molar-refractivity contribution in [3.8, 4) is 0 Å². The number of rotatable bonds is 5.